The molecule has 26 heavy (non-hydrogen) atoms. The van der Waals surface area contributed by atoms with E-state index in [1.807, 2.05) is 0 Å². The minimum Gasteiger partial charge on any atom is -0.478 e. The van der Waals surface area contributed by atoms with E-state index in [1.165, 1.54) is 12.8 Å². The highest BCUT2D eigenvalue weighted by molar-refractivity contribution is 5.87. The Kier molecular flexibility index (Phi) is 10.8. The lowest BCUT2D eigenvalue weighted by Crippen LogP contribution is -2.06. The molecule has 2 N–H and O–H groups in total. The first-order valence-electron chi connectivity index (χ1n) is 9.52. The largest absolute Gasteiger partial charge is 0.478 e. The van der Waals surface area contributed by atoms with E-state index in [9.17, 15) is 18.0 Å². The summed E-state index contributed by atoms with van der Waals surface area (Å²) < 4.78 is 35.9. The molecule has 0 saturated heterocycles. The van der Waals surface area contributed by atoms with E-state index in [1.54, 1.807) is 24.3 Å². The lowest BCUT2D eigenvalue weighted by molar-refractivity contribution is -0.135. The van der Waals surface area contributed by atoms with Crippen LogP contribution in [0.2, 0.25) is 0 Å². The molecule has 0 atom stereocenters. The van der Waals surface area contributed by atoms with E-state index >= 15 is 0 Å². The monoisotopic (exact) mass is 373 g/mol. The van der Waals surface area contributed by atoms with Crippen LogP contribution in [0.25, 0.3) is 0 Å². The molecule has 0 unspecified atom stereocenters. The van der Waals surface area contributed by atoms with E-state index in [0.29, 0.717) is 6.42 Å². The highest BCUT2D eigenvalue weighted by atomic mass is 19.4. The third-order valence-corrected chi connectivity index (χ3v) is 4.35. The van der Waals surface area contributed by atoms with E-state index in [0.717, 1.165) is 50.8 Å². The van der Waals surface area contributed by atoms with Crippen LogP contribution in [0.15, 0.2) is 24.3 Å². The van der Waals surface area contributed by atoms with Gasteiger partial charge in [0.2, 0.25) is 0 Å². The van der Waals surface area contributed by atoms with Gasteiger partial charge in [-0.2, -0.15) is 13.2 Å². The molecular weight excluding hydrogens is 343 g/mol. The Balaban J connectivity index is 1.87. The first kappa shape index (κ1) is 22.3. The highest BCUT2D eigenvalue weighted by Gasteiger charge is 2.25. The quantitative estimate of drug-likeness (QED) is 0.359. The number of carboxylic acids is 1. The van der Waals surface area contributed by atoms with Gasteiger partial charge >= 0.3 is 12.1 Å². The highest BCUT2D eigenvalue weighted by Crippen LogP contribution is 2.23. The number of benzene rings is 1. The van der Waals surface area contributed by atoms with Gasteiger partial charge in [-0.05, 0) is 37.1 Å². The summed E-state index contributed by atoms with van der Waals surface area (Å²) >= 11 is 0. The van der Waals surface area contributed by atoms with Gasteiger partial charge in [0, 0.05) is 18.7 Å². The van der Waals surface area contributed by atoms with E-state index < -0.39 is 18.6 Å². The second kappa shape index (κ2) is 12.6. The Hall–Kier alpha value is -1.72. The van der Waals surface area contributed by atoms with Crippen molar-refractivity contribution in [1.29, 1.82) is 0 Å². The van der Waals surface area contributed by atoms with E-state index in [-0.39, 0.29) is 12.0 Å². The van der Waals surface area contributed by atoms with Crippen LogP contribution in [0, 0.1) is 0 Å². The molecule has 0 fully saturated rings. The number of carbonyl (C=O) groups is 1. The summed E-state index contributed by atoms with van der Waals surface area (Å²) in [5.74, 6) is -0.919. The second-order valence-corrected chi connectivity index (χ2v) is 6.71. The average Bonchev–Trinajstić information content (AvgIpc) is 2.58. The molecule has 0 aliphatic carbocycles. The standard InChI is InChI=1S/C20H30F3NO2/c21-20(22,23)15-9-7-5-3-1-2-4-6-8-10-16-24-18-13-11-17(12-14-18)19(25)26/h11-14,24H,1-10,15-16H2,(H,25,26). The number of alkyl halides is 3. The minimum absolute atomic E-state index is 0.259. The molecule has 1 aromatic carbocycles. The average molecular weight is 373 g/mol. The number of rotatable bonds is 14. The third-order valence-electron chi connectivity index (χ3n) is 4.35. The fourth-order valence-corrected chi connectivity index (χ4v) is 2.83. The lowest BCUT2D eigenvalue weighted by Gasteiger charge is -2.07. The molecule has 0 spiro atoms. The molecule has 0 radical (unpaired) electrons. The van der Waals surface area contributed by atoms with Crippen LogP contribution in [0.4, 0.5) is 18.9 Å². The van der Waals surface area contributed by atoms with Crippen molar-refractivity contribution in [3.05, 3.63) is 29.8 Å². The van der Waals surface area contributed by atoms with Crippen LogP contribution in [-0.2, 0) is 0 Å². The molecule has 0 saturated carbocycles. The zero-order valence-electron chi connectivity index (χ0n) is 15.3. The summed E-state index contributed by atoms with van der Waals surface area (Å²) in [6.45, 7) is 0.867. The van der Waals surface area contributed by atoms with Crippen LogP contribution in [0.5, 0.6) is 0 Å². The number of carboxylic acid groups (broad SMARTS) is 1. The van der Waals surface area contributed by atoms with Crippen LogP contribution < -0.4 is 5.32 Å². The van der Waals surface area contributed by atoms with Gasteiger partial charge in [-0.3, -0.25) is 0 Å². The van der Waals surface area contributed by atoms with Crippen molar-refractivity contribution in [3.63, 3.8) is 0 Å². The number of anilines is 1. The first-order valence-corrected chi connectivity index (χ1v) is 9.52. The smallest absolute Gasteiger partial charge is 0.389 e. The van der Waals surface area contributed by atoms with Crippen LogP contribution in [0.3, 0.4) is 0 Å². The Bertz CT molecular complexity index is 501. The van der Waals surface area contributed by atoms with Crippen LogP contribution >= 0.6 is 0 Å². The molecule has 0 aliphatic rings. The zero-order chi connectivity index (χ0) is 19.3. The van der Waals surface area contributed by atoms with Gasteiger partial charge in [0.1, 0.15) is 0 Å². The molecular formula is C20H30F3NO2. The van der Waals surface area contributed by atoms with E-state index in [4.69, 9.17) is 5.11 Å². The Labute approximate surface area is 154 Å². The van der Waals surface area contributed by atoms with Crippen molar-refractivity contribution in [3.8, 4) is 0 Å². The first-order chi connectivity index (χ1) is 12.4. The second-order valence-electron chi connectivity index (χ2n) is 6.71. The van der Waals surface area contributed by atoms with Crippen molar-refractivity contribution in [1.82, 2.24) is 0 Å². The number of halogens is 3. The molecule has 0 aromatic heterocycles. The molecule has 148 valence electrons. The summed E-state index contributed by atoms with van der Waals surface area (Å²) in [5, 5.41) is 12.1. The molecule has 0 heterocycles. The molecule has 0 aliphatic heterocycles. The number of hydrogen-bond acceptors (Lipinski definition) is 2. The van der Waals surface area contributed by atoms with Crippen molar-refractivity contribution < 1.29 is 23.1 Å². The van der Waals surface area contributed by atoms with Crippen LogP contribution in [0.1, 0.15) is 81.0 Å². The molecule has 0 bridgehead atoms. The van der Waals surface area contributed by atoms with Gasteiger partial charge < -0.3 is 10.4 Å². The van der Waals surface area contributed by atoms with Gasteiger partial charge in [0.15, 0.2) is 0 Å². The Morgan fingerprint density at radius 1 is 0.808 bits per heavy atom. The Morgan fingerprint density at radius 3 is 1.73 bits per heavy atom. The van der Waals surface area contributed by atoms with Crippen molar-refractivity contribution in [2.45, 2.75) is 76.8 Å². The predicted molar refractivity (Wildman–Crippen MR) is 98.7 cm³/mol. The zero-order valence-corrected chi connectivity index (χ0v) is 15.3. The molecule has 0 amide bonds. The molecule has 1 rings (SSSR count). The number of nitrogens with one attached hydrogen (secondary N) is 1. The molecule has 6 heteroatoms. The third kappa shape index (κ3) is 11.8. The maximum atomic E-state index is 12.0. The van der Waals surface area contributed by atoms with Gasteiger partial charge in [0.25, 0.3) is 0 Å². The summed E-state index contributed by atoms with van der Waals surface area (Å²) in [4.78, 5) is 10.8. The lowest BCUT2D eigenvalue weighted by atomic mass is 10.1. The summed E-state index contributed by atoms with van der Waals surface area (Å²) in [5.41, 5.74) is 1.22. The predicted octanol–water partition coefficient (Wildman–Crippen LogP) is 6.65. The van der Waals surface area contributed by atoms with Gasteiger partial charge in [0.05, 0.1) is 5.56 Å². The fraction of sp³-hybridized carbons (Fsp3) is 0.650. The van der Waals surface area contributed by atoms with Gasteiger partial charge in [-0.25, -0.2) is 4.79 Å². The SMILES string of the molecule is O=C(O)c1ccc(NCCCCCCCCCCCCC(F)(F)F)cc1. The van der Waals surface area contributed by atoms with Crippen LogP contribution in [-0.4, -0.2) is 23.8 Å². The van der Waals surface area contributed by atoms with Crippen molar-refractivity contribution >= 4 is 11.7 Å². The van der Waals surface area contributed by atoms with Gasteiger partial charge in [-0.1, -0.05) is 51.4 Å². The summed E-state index contributed by atoms with van der Waals surface area (Å²) in [6.07, 6.45) is 5.05. The normalized spacial score (nSPS) is 11.5. The maximum absolute atomic E-state index is 12.0. The topological polar surface area (TPSA) is 49.3 Å². The molecule has 3 nitrogen and oxygen atoms in total. The number of aromatic carboxylic acids is 1. The molecule has 1 aromatic rings. The summed E-state index contributed by atoms with van der Waals surface area (Å²) in [6, 6.07) is 6.73. The number of hydrogen-bond donors (Lipinski definition) is 2. The fourth-order valence-electron chi connectivity index (χ4n) is 2.83. The van der Waals surface area contributed by atoms with Gasteiger partial charge in [-0.15, -0.1) is 0 Å². The van der Waals surface area contributed by atoms with E-state index in [2.05, 4.69) is 5.32 Å². The maximum Gasteiger partial charge on any atom is 0.389 e. The van der Waals surface area contributed by atoms with Crippen molar-refractivity contribution in [2.75, 3.05) is 11.9 Å². The van der Waals surface area contributed by atoms with Crippen molar-refractivity contribution in [2.24, 2.45) is 0 Å². The summed E-state index contributed by atoms with van der Waals surface area (Å²) in [7, 11) is 0. The Morgan fingerprint density at radius 2 is 1.27 bits per heavy atom. The minimum atomic E-state index is -4.00. The number of unbranched alkanes of at least 4 members (excludes halogenated alkanes) is 9.